The minimum absolute atomic E-state index is 0.0279. The fraction of sp³-hybridized carbons (Fsp3) is 0.714. The second kappa shape index (κ2) is 6.58. The van der Waals surface area contributed by atoms with Crippen molar-refractivity contribution in [2.75, 3.05) is 26.3 Å². The third kappa shape index (κ3) is 3.41. The Morgan fingerprint density at radius 1 is 1.30 bits per heavy atom. The fourth-order valence-electron chi connectivity index (χ4n) is 3.11. The number of aliphatic carboxylic acids is 1. The van der Waals surface area contributed by atoms with Crippen LogP contribution < -0.4 is 0 Å². The maximum absolute atomic E-state index is 12.7. The van der Waals surface area contributed by atoms with Crippen molar-refractivity contribution in [3.8, 4) is 0 Å². The Morgan fingerprint density at radius 2 is 2.04 bits per heavy atom. The molecule has 2 saturated heterocycles. The number of carboxylic acid groups (broad SMARTS) is 1. The van der Waals surface area contributed by atoms with Crippen molar-refractivity contribution in [3.63, 3.8) is 0 Å². The molecule has 0 saturated carbocycles. The number of piperidine rings is 1. The number of ether oxygens (including phenoxy) is 1. The SMILES string of the molecule is O=C(O)[C@@H]1CCCN(S(=O)(=O)c2cnn(C3CCOCC3)c2)C1. The third-order valence-electron chi connectivity index (χ3n) is 4.51. The number of carboxylic acids is 1. The zero-order valence-electron chi connectivity index (χ0n) is 12.8. The first-order chi connectivity index (χ1) is 11.0. The fourth-order valence-corrected chi connectivity index (χ4v) is 4.58. The first kappa shape index (κ1) is 16.4. The predicted molar refractivity (Wildman–Crippen MR) is 80.4 cm³/mol. The van der Waals surface area contributed by atoms with Gasteiger partial charge in [-0.1, -0.05) is 0 Å². The molecule has 2 aliphatic rings. The molecule has 1 atom stereocenters. The van der Waals surface area contributed by atoms with Crippen molar-refractivity contribution >= 4 is 16.0 Å². The molecular formula is C14H21N3O5S. The van der Waals surface area contributed by atoms with Crippen LogP contribution in [0.15, 0.2) is 17.3 Å². The molecule has 0 aliphatic carbocycles. The molecule has 0 amide bonds. The van der Waals surface area contributed by atoms with Gasteiger partial charge in [0.2, 0.25) is 10.0 Å². The van der Waals surface area contributed by atoms with Crippen LogP contribution in [0.4, 0.5) is 0 Å². The second-order valence-corrected chi connectivity index (χ2v) is 7.98. The Kier molecular flexibility index (Phi) is 4.69. The Morgan fingerprint density at radius 3 is 2.74 bits per heavy atom. The van der Waals surface area contributed by atoms with Gasteiger partial charge in [0.05, 0.1) is 18.2 Å². The average molecular weight is 343 g/mol. The molecule has 2 aliphatic heterocycles. The summed E-state index contributed by atoms with van der Waals surface area (Å²) in [6.07, 6.45) is 5.61. The maximum Gasteiger partial charge on any atom is 0.307 e. The van der Waals surface area contributed by atoms with Crippen LogP contribution in [0, 0.1) is 5.92 Å². The molecule has 3 heterocycles. The van der Waals surface area contributed by atoms with Crippen molar-refractivity contribution in [1.29, 1.82) is 0 Å². The molecule has 9 heteroatoms. The number of rotatable bonds is 4. The molecule has 1 aromatic heterocycles. The van der Waals surface area contributed by atoms with Gasteiger partial charge in [-0.2, -0.15) is 9.40 Å². The lowest BCUT2D eigenvalue weighted by Gasteiger charge is -2.29. The minimum Gasteiger partial charge on any atom is -0.481 e. The van der Waals surface area contributed by atoms with E-state index in [1.54, 1.807) is 10.9 Å². The van der Waals surface area contributed by atoms with E-state index >= 15 is 0 Å². The number of hydrogen-bond donors (Lipinski definition) is 1. The smallest absolute Gasteiger partial charge is 0.307 e. The summed E-state index contributed by atoms with van der Waals surface area (Å²) in [7, 11) is -3.69. The Bertz CT molecular complexity index is 666. The average Bonchev–Trinajstić information content (AvgIpc) is 3.06. The monoisotopic (exact) mass is 343 g/mol. The van der Waals surface area contributed by atoms with Gasteiger partial charge in [0, 0.05) is 32.5 Å². The molecule has 0 unspecified atom stereocenters. The Hall–Kier alpha value is -1.45. The van der Waals surface area contributed by atoms with Crippen molar-refractivity contribution < 1.29 is 23.1 Å². The van der Waals surface area contributed by atoms with Crippen molar-refractivity contribution in [1.82, 2.24) is 14.1 Å². The largest absolute Gasteiger partial charge is 0.481 e. The topological polar surface area (TPSA) is 102 Å². The van der Waals surface area contributed by atoms with Gasteiger partial charge in [0.1, 0.15) is 4.90 Å². The first-order valence-corrected chi connectivity index (χ1v) is 9.27. The maximum atomic E-state index is 12.7. The van der Waals surface area contributed by atoms with Gasteiger partial charge in [-0.3, -0.25) is 9.48 Å². The van der Waals surface area contributed by atoms with Crippen LogP contribution >= 0.6 is 0 Å². The quantitative estimate of drug-likeness (QED) is 0.864. The van der Waals surface area contributed by atoms with Crippen LogP contribution in [0.2, 0.25) is 0 Å². The van der Waals surface area contributed by atoms with Crippen molar-refractivity contribution in [3.05, 3.63) is 12.4 Å². The molecule has 1 N–H and O–H groups in total. The highest BCUT2D eigenvalue weighted by molar-refractivity contribution is 7.89. The highest BCUT2D eigenvalue weighted by atomic mass is 32.2. The molecule has 2 fully saturated rings. The van der Waals surface area contributed by atoms with E-state index in [9.17, 15) is 13.2 Å². The van der Waals surface area contributed by atoms with E-state index in [-0.39, 0.29) is 17.5 Å². The van der Waals surface area contributed by atoms with Crippen molar-refractivity contribution in [2.24, 2.45) is 5.92 Å². The van der Waals surface area contributed by atoms with Gasteiger partial charge >= 0.3 is 5.97 Å². The standard InChI is InChI=1S/C14H21N3O5S/c18-14(19)11-2-1-5-16(9-11)23(20,21)13-8-15-17(10-13)12-3-6-22-7-4-12/h8,10-12H,1-7,9H2,(H,18,19)/t11-/m1/s1. The lowest BCUT2D eigenvalue weighted by molar-refractivity contribution is -0.142. The minimum atomic E-state index is -3.69. The molecule has 8 nitrogen and oxygen atoms in total. The normalized spacial score (nSPS) is 24.6. The van der Waals surface area contributed by atoms with Crippen LogP contribution in [0.3, 0.4) is 0 Å². The van der Waals surface area contributed by atoms with Crippen LogP contribution in [-0.2, 0) is 19.6 Å². The lowest BCUT2D eigenvalue weighted by atomic mass is 10.0. The highest BCUT2D eigenvalue weighted by Gasteiger charge is 2.34. The van der Waals surface area contributed by atoms with Gasteiger partial charge in [0.25, 0.3) is 0 Å². The zero-order valence-corrected chi connectivity index (χ0v) is 13.6. The zero-order chi connectivity index (χ0) is 16.4. The molecule has 23 heavy (non-hydrogen) atoms. The van der Waals surface area contributed by atoms with Crippen LogP contribution in [0.1, 0.15) is 31.7 Å². The molecule has 3 rings (SSSR count). The lowest BCUT2D eigenvalue weighted by Crippen LogP contribution is -2.42. The van der Waals surface area contributed by atoms with Crippen LogP contribution in [0.5, 0.6) is 0 Å². The van der Waals surface area contributed by atoms with E-state index in [2.05, 4.69) is 5.10 Å². The van der Waals surface area contributed by atoms with Gasteiger partial charge in [-0.05, 0) is 25.7 Å². The molecule has 128 valence electrons. The summed E-state index contributed by atoms with van der Waals surface area (Å²) in [5.41, 5.74) is 0. The summed E-state index contributed by atoms with van der Waals surface area (Å²) < 4.78 is 33.7. The number of nitrogens with zero attached hydrogens (tertiary/aromatic N) is 3. The first-order valence-electron chi connectivity index (χ1n) is 7.83. The van der Waals surface area contributed by atoms with Gasteiger partial charge < -0.3 is 9.84 Å². The van der Waals surface area contributed by atoms with E-state index < -0.39 is 21.9 Å². The molecule has 0 radical (unpaired) electrons. The van der Waals surface area contributed by atoms with Crippen molar-refractivity contribution in [2.45, 2.75) is 36.6 Å². The van der Waals surface area contributed by atoms with E-state index in [0.717, 1.165) is 12.8 Å². The van der Waals surface area contributed by atoms with E-state index in [1.165, 1.54) is 10.5 Å². The second-order valence-electron chi connectivity index (χ2n) is 6.04. The summed E-state index contributed by atoms with van der Waals surface area (Å²) in [4.78, 5) is 11.3. The van der Waals surface area contributed by atoms with E-state index in [0.29, 0.717) is 32.6 Å². The Labute approximate surface area is 135 Å². The summed E-state index contributed by atoms with van der Waals surface area (Å²) in [5, 5.41) is 13.3. The van der Waals surface area contributed by atoms with Crippen LogP contribution in [0.25, 0.3) is 0 Å². The summed E-state index contributed by atoms with van der Waals surface area (Å²) in [6.45, 7) is 1.69. The summed E-state index contributed by atoms with van der Waals surface area (Å²) >= 11 is 0. The molecule has 0 aromatic carbocycles. The molecule has 0 spiro atoms. The number of sulfonamides is 1. The number of hydrogen-bond acceptors (Lipinski definition) is 5. The molecule has 1 aromatic rings. The molecule has 0 bridgehead atoms. The van der Waals surface area contributed by atoms with Gasteiger partial charge in [-0.25, -0.2) is 8.42 Å². The highest BCUT2D eigenvalue weighted by Crippen LogP contribution is 2.26. The summed E-state index contributed by atoms with van der Waals surface area (Å²) in [5.74, 6) is -1.58. The Balaban J connectivity index is 1.77. The number of carbonyl (C=O) groups is 1. The number of aromatic nitrogens is 2. The predicted octanol–water partition coefficient (Wildman–Crippen LogP) is 0.720. The van der Waals surface area contributed by atoms with E-state index in [4.69, 9.17) is 9.84 Å². The van der Waals surface area contributed by atoms with E-state index in [1.807, 2.05) is 0 Å². The van der Waals surface area contributed by atoms with Crippen LogP contribution in [-0.4, -0.2) is 59.9 Å². The van der Waals surface area contributed by atoms with Gasteiger partial charge in [-0.15, -0.1) is 0 Å². The summed E-state index contributed by atoms with van der Waals surface area (Å²) in [6, 6.07) is 0.154. The third-order valence-corrected chi connectivity index (χ3v) is 6.33. The molecular weight excluding hydrogens is 322 g/mol. The van der Waals surface area contributed by atoms with Gasteiger partial charge in [0.15, 0.2) is 0 Å².